The van der Waals surface area contributed by atoms with Gasteiger partial charge in [0.15, 0.2) is 0 Å². The van der Waals surface area contributed by atoms with Crippen LogP contribution in [0.4, 0.5) is 0 Å². The Morgan fingerprint density at radius 2 is 1.57 bits per heavy atom. The highest BCUT2D eigenvalue weighted by molar-refractivity contribution is 5.95. The van der Waals surface area contributed by atoms with Crippen molar-refractivity contribution in [1.82, 2.24) is 23.9 Å². The summed E-state index contributed by atoms with van der Waals surface area (Å²) in [7, 11) is 0. The Morgan fingerprint density at radius 1 is 0.875 bits per heavy atom. The number of carboxylic acid groups (broad SMARTS) is 1. The average Bonchev–Trinajstić information content (AvgIpc) is 3.63. The topological polar surface area (TPSA) is 66.5 Å². The van der Waals surface area contributed by atoms with E-state index in [1.165, 1.54) is 11.1 Å². The van der Waals surface area contributed by atoms with Crippen LogP contribution in [0.25, 0.3) is 10.9 Å². The molecule has 6 rings (SSSR count). The molecule has 0 bridgehead atoms. The van der Waals surface area contributed by atoms with Crippen LogP contribution in [0.3, 0.4) is 0 Å². The number of carbonyl (C=O) groups is 1. The van der Waals surface area contributed by atoms with Crippen molar-refractivity contribution in [2.45, 2.75) is 25.6 Å². The number of fused-ring (bicyclic) bond motifs is 1. The van der Waals surface area contributed by atoms with Gasteiger partial charge in [0.2, 0.25) is 0 Å². The SMILES string of the molecule is O=C(O)c1ccc2c(c1)c(Cn1ccnc1)cn2CCCN1CCN(C(c2ccccc2)c2ccccc2)CC1. The van der Waals surface area contributed by atoms with Crippen molar-refractivity contribution < 1.29 is 9.90 Å². The van der Waals surface area contributed by atoms with Crippen LogP contribution in [0.5, 0.6) is 0 Å². The van der Waals surface area contributed by atoms with Gasteiger partial charge in [-0.15, -0.1) is 0 Å². The molecular formula is C33H35N5O2. The Balaban J connectivity index is 1.10. The van der Waals surface area contributed by atoms with E-state index in [4.69, 9.17) is 0 Å². The molecule has 0 atom stereocenters. The minimum absolute atomic E-state index is 0.278. The zero-order chi connectivity index (χ0) is 27.3. The Labute approximate surface area is 234 Å². The van der Waals surface area contributed by atoms with E-state index in [1.807, 2.05) is 16.8 Å². The summed E-state index contributed by atoms with van der Waals surface area (Å²) in [6, 6.07) is 27.4. The maximum absolute atomic E-state index is 11.6. The van der Waals surface area contributed by atoms with Crippen molar-refractivity contribution in [2.75, 3.05) is 32.7 Å². The summed E-state index contributed by atoms with van der Waals surface area (Å²) >= 11 is 0. The highest BCUT2D eigenvalue weighted by atomic mass is 16.4. The van der Waals surface area contributed by atoms with Crippen molar-refractivity contribution in [3.05, 3.63) is 126 Å². The summed E-state index contributed by atoms with van der Waals surface area (Å²) in [5, 5.41) is 10.5. The van der Waals surface area contributed by atoms with Gasteiger partial charge in [-0.1, -0.05) is 60.7 Å². The van der Waals surface area contributed by atoms with Crippen LogP contribution in [0.1, 0.15) is 39.5 Å². The summed E-state index contributed by atoms with van der Waals surface area (Å²) < 4.78 is 4.30. The molecule has 0 unspecified atom stereocenters. The van der Waals surface area contributed by atoms with Gasteiger partial charge in [-0.2, -0.15) is 0 Å². The first-order valence-electron chi connectivity index (χ1n) is 14.0. The number of aryl methyl sites for hydroxylation is 1. The van der Waals surface area contributed by atoms with E-state index in [1.54, 1.807) is 24.7 Å². The normalized spacial score (nSPS) is 14.7. The highest BCUT2D eigenvalue weighted by Gasteiger charge is 2.26. The lowest BCUT2D eigenvalue weighted by molar-refractivity contribution is 0.0697. The van der Waals surface area contributed by atoms with E-state index in [-0.39, 0.29) is 6.04 Å². The molecule has 0 amide bonds. The number of benzene rings is 3. The molecular weight excluding hydrogens is 498 g/mol. The maximum Gasteiger partial charge on any atom is 0.335 e. The van der Waals surface area contributed by atoms with Crippen LogP contribution in [-0.2, 0) is 13.1 Å². The van der Waals surface area contributed by atoms with Crippen LogP contribution in [0.15, 0.2) is 104 Å². The Kier molecular flexibility index (Phi) is 7.75. The quantitative estimate of drug-likeness (QED) is 0.261. The summed E-state index contributed by atoms with van der Waals surface area (Å²) in [6.45, 7) is 6.77. The average molecular weight is 534 g/mol. The van der Waals surface area contributed by atoms with Crippen molar-refractivity contribution >= 4 is 16.9 Å². The monoisotopic (exact) mass is 533 g/mol. The lowest BCUT2D eigenvalue weighted by Gasteiger charge is -2.40. The van der Waals surface area contributed by atoms with E-state index in [0.717, 1.165) is 62.2 Å². The number of carboxylic acids is 1. The number of hydrogen-bond acceptors (Lipinski definition) is 4. The number of aromatic carboxylic acids is 1. The zero-order valence-corrected chi connectivity index (χ0v) is 22.6. The van der Waals surface area contributed by atoms with Crippen LogP contribution in [0.2, 0.25) is 0 Å². The van der Waals surface area contributed by atoms with Gasteiger partial charge in [0, 0.05) is 62.2 Å². The summed E-state index contributed by atoms with van der Waals surface area (Å²) in [5.74, 6) is -0.899. The fourth-order valence-corrected chi connectivity index (χ4v) is 5.99. The Bertz CT molecular complexity index is 1500. The molecule has 7 nitrogen and oxygen atoms in total. The highest BCUT2D eigenvalue weighted by Crippen LogP contribution is 2.30. The van der Waals surface area contributed by atoms with Crippen LogP contribution in [0, 0.1) is 0 Å². The second kappa shape index (κ2) is 11.9. The molecule has 0 aliphatic carbocycles. The third kappa shape index (κ3) is 5.71. The molecule has 7 heteroatoms. The molecule has 204 valence electrons. The van der Waals surface area contributed by atoms with E-state index in [2.05, 4.69) is 86.2 Å². The molecule has 3 aromatic carbocycles. The van der Waals surface area contributed by atoms with Gasteiger partial charge in [-0.25, -0.2) is 9.78 Å². The standard InChI is InChI=1S/C33H35N5O2/c39-33(40)28-12-13-31-30(22-28)29(23-36-17-14-34-25-36)24-38(31)16-7-15-35-18-20-37(21-19-35)32(26-8-3-1-4-9-26)27-10-5-2-6-11-27/h1-6,8-14,17,22,24-25,32H,7,15-16,18-21,23H2,(H,39,40). The van der Waals surface area contributed by atoms with Gasteiger partial charge in [0.25, 0.3) is 0 Å². The molecule has 40 heavy (non-hydrogen) atoms. The molecule has 1 N–H and O–H groups in total. The minimum Gasteiger partial charge on any atom is -0.478 e. The summed E-state index contributed by atoms with van der Waals surface area (Å²) in [5.41, 5.74) is 5.20. The Hall–Kier alpha value is -4.20. The number of piperazine rings is 1. The number of hydrogen-bond donors (Lipinski definition) is 1. The second-order valence-corrected chi connectivity index (χ2v) is 10.6. The molecule has 0 saturated carbocycles. The van der Waals surface area contributed by atoms with Crippen LogP contribution >= 0.6 is 0 Å². The van der Waals surface area contributed by atoms with Gasteiger partial charge >= 0.3 is 5.97 Å². The number of imidazole rings is 1. The predicted octanol–water partition coefficient (Wildman–Crippen LogP) is 5.38. The molecule has 1 fully saturated rings. The first kappa shape index (κ1) is 26.0. The molecule has 1 aliphatic heterocycles. The number of nitrogens with zero attached hydrogens (tertiary/aromatic N) is 5. The molecule has 3 heterocycles. The van der Waals surface area contributed by atoms with Gasteiger partial charge < -0.3 is 19.1 Å². The summed E-state index contributed by atoms with van der Waals surface area (Å²) in [6.07, 6.45) is 8.71. The molecule has 2 aromatic heterocycles. The Morgan fingerprint density at radius 3 is 2.20 bits per heavy atom. The van der Waals surface area contributed by atoms with E-state index >= 15 is 0 Å². The van der Waals surface area contributed by atoms with Gasteiger partial charge in [0.05, 0.1) is 24.5 Å². The molecule has 0 radical (unpaired) electrons. The van der Waals surface area contributed by atoms with Crippen molar-refractivity contribution in [3.63, 3.8) is 0 Å². The third-order valence-electron chi connectivity index (χ3n) is 8.00. The van der Waals surface area contributed by atoms with Crippen molar-refractivity contribution in [2.24, 2.45) is 0 Å². The van der Waals surface area contributed by atoms with Gasteiger partial charge in [-0.3, -0.25) is 4.90 Å². The van der Waals surface area contributed by atoms with E-state index < -0.39 is 5.97 Å². The molecule has 1 saturated heterocycles. The molecule has 0 spiro atoms. The first-order chi connectivity index (χ1) is 19.7. The van der Waals surface area contributed by atoms with Gasteiger partial charge in [-0.05, 0) is 47.9 Å². The van der Waals surface area contributed by atoms with Crippen molar-refractivity contribution in [3.8, 4) is 0 Å². The maximum atomic E-state index is 11.6. The van der Waals surface area contributed by atoms with Gasteiger partial charge in [0.1, 0.15) is 0 Å². The van der Waals surface area contributed by atoms with Crippen molar-refractivity contribution in [1.29, 1.82) is 0 Å². The zero-order valence-electron chi connectivity index (χ0n) is 22.6. The fraction of sp³-hybridized carbons (Fsp3) is 0.273. The predicted molar refractivity (Wildman–Crippen MR) is 158 cm³/mol. The minimum atomic E-state index is -0.899. The second-order valence-electron chi connectivity index (χ2n) is 10.6. The van der Waals surface area contributed by atoms with Crippen LogP contribution < -0.4 is 0 Å². The lowest BCUT2D eigenvalue weighted by atomic mass is 9.96. The van der Waals surface area contributed by atoms with E-state index in [0.29, 0.717) is 12.1 Å². The largest absolute Gasteiger partial charge is 0.478 e. The van der Waals surface area contributed by atoms with E-state index in [9.17, 15) is 9.90 Å². The fourth-order valence-electron chi connectivity index (χ4n) is 5.99. The smallest absolute Gasteiger partial charge is 0.335 e. The summed E-state index contributed by atoms with van der Waals surface area (Å²) in [4.78, 5) is 21.0. The first-order valence-corrected chi connectivity index (χ1v) is 14.0. The lowest BCUT2D eigenvalue weighted by Crippen LogP contribution is -2.48. The molecule has 5 aromatic rings. The van der Waals surface area contributed by atoms with Crippen LogP contribution in [-0.4, -0.2) is 67.7 Å². The molecule has 1 aliphatic rings. The third-order valence-corrected chi connectivity index (χ3v) is 8.00. The number of aromatic nitrogens is 3. The number of rotatable bonds is 10.